The van der Waals surface area contributed by atoms with Crippen LogP contribution in [0.3, 0.4) is 0 Å². The molecule has 0 atom stereocenters. The fourth-order valence-corrected chi connectivity index (χ4v) is 5.06. The van der Waals surface area contributed by atoms with Gasteiger partial charge in [0.15, 0.2) is 0 Å². The largest absolute Gasteiger partial charge is 0.302 e. The Bertz CT molecular complexity index is 944. The number of aromatic nitrogens is 1. The zero-order valence-electron chi connectivity index (χ0n) is 14.6. The molecule has 0 saturated carbocycles. The summed E-state index contributed by atoms with van der Waals surface area (Å²) >= 11 is 3.36. The molecule has 2 aromatic heterocycles. The van der Waals surface area contributed by atoms with E-state index in [4.69, 9.17) is 4.98 Å². The predicted octanol–water partition coefficient (Wildman–Crippen LogP) is 4.96. The fraction of sp³-hybridized carbons (Fsp3) is 0.238. The summed E-state index contributed by atoms with van der Waals surface area (Å²) in [4.78, 5) is 8.39. The van der Waals surface area contributed by atoms with Crippen LogP contribution < -0.4 is 0 Å². The molecule has 3 nitrogen and oxygen atoms in total. The topological polar surface area (TPSA) is 39.9 Å². The van der Waals surface area contributed by atoms with Crippen LogP contribution >= 0.6 is 23.1 Å². The maximum absolute atomic E-state index is 9.95. The molecule has 0 amide bonds. The van der Waals surface area contributed by atoms with Crippen LogP contribution in [0.15, 0.2) is 52.9 Å². The van der Waals surface area contributed by atoms with Crippen LogP contribution in [0, 0.1) is 11.3 Å². The van der Waals surface area contributed by atoms with Crippen molar-refractivity contribution < 1.29 is 0 Å². The monoisotopic (exact) mass is 377 g/mol. The van der Waals surface area contributed by atoms with Crippen molar-refractivity contribution in [1.82, 2.24) is 9.88 Å². The molecule has 0 unspecified atom stereocenters. The lowest BCUT2D eigenvalue weighted by Crippen LogP contribution is -2.28. The van der Waals surface area contributed by atoms with Gasteiger partial charge in [-0.25, -0.2) is 4.98 Å². The summed E-state index contributed by atoms with van der Waals surface area (Å²) in [5.74, 6) is 0.824. The van der Waals surface area contributed by atoms with Crippen LogP contribution in [-0.2, 0) is 18.7 Å². The second-order valence-corrected chi connectivity index (χ2v) is 8.36. The van der Waals surface area contributed by atoms with Gasteiger partial charge in [-0.3, -0.25) is 0 Å². The summed E-state index contributed by atoms with van der Waals surface area (Å²) in [6.45, 7) is 1.87. The molecule has 26 heavy (non-hydrogen) atoms. The van der Waals surface area contributed by atoms with Crippen LogP contribution in [0.2, 0.25) is 0 Å². The van der Waals surface area contributed by atoms with Gasteiger partial charge < -0.3 is 4.90 Å². The third-order valence-corrected chi connectivity index (χ3v) is 6.54. The SMILES string of the molecule is CN1CCc2nc(SCc3ccccc3)c(C#N)c(-c3cccs3)c2C1. The highest BCUT2D eigenvalue weighted by molar-refractivity contribution is 7.98. The molecule has 0 fully saturated rings. The lowest BCUT2D eigenvalue weighted by molar-refractivity contribution is 0.310. The number of thioether (sulfide) groups is 1. The van der Waals surface area contributed by atoms with E-state index in [9.17, 15) is 5.26 Å². The molecule has 0 spiro atoms. The average Bonchev–Trinajstić information content (AvgIpc) is 3.20. The van der Waals surface area contributed by atoms with Gasteiger partial charge in [-0.15, -0.1) is 23.1 Å². The highest BCUT2D eigenvalue weighted by Gasteiger charge is 2.25. The van der Waals surface area contributed by atoms with Gasteiger partial charge in [0.1, 0.15) is 11.1 Å². The number of nitriles is 1. The van der Waals surface area contributed by atoms with Gasteiger partial charge in [-0.2, -0.15) is 5.26 Å². The van der Waals surface area contributed by atoms with E-state index in [-0.39, 0.29) is 0 Å². The molecule has 0 radical (unpaired) electrons. The van der Waals surface area contributed by atoms with E-state index in [1.54, 1.807) is 23.1 Å². The third kappa shape index (κ3) is 3.41. The van der Waals surface area contributed by atoms with Crippen molar-refractivity contribution in [2.45, 2.75) is 23.7 Å². The summed E-state index contributed by atoms with van der Waals surface area (Å²) in [5, 5.41) is 12.9. The van der Waals surface area contributed by atoms with Crippen LogP contribution in [0.1, 0.15) is 22.4 Å². The van der Waals surface area contributed by atoms with Crippen molar-refractivity contribution in [3.63, 3.8) is 0 Å². The van der Waals surface area contributed by atoms with Crippen molar-refractivity contribution in [1.29, 1.82) is 5.26 Å². The first-order valence-corrected chi connectivity index (χ1v) is 10.5. The molecule has 4 rings (SSSR count). The van der Waals surface area contributed by atoms with Gasteiger partial charge in [-0.05, 0) is 29.6 Å². The summed E-state index contributed by atoms with van der Waals surface area (Å²) in [5.41, 5.74) is 5.44. The number of pyridine rings is 1. The van der Waals surface area contributed by atoms with Crippen molar-refractivity contribution in [2.75, 3.05) is 13.6 Å². The first-order chi connectivity index (χ1) is 12.8. The lowest BCUT2D eigenvalue weighted by Gasteiger charge is -2.27. The zero-order chi connectivity index (χ0) is 17.9. The molecular weight excluding hydrogens is 358 g/mol. The Labute approximate surface area is 162 Å². The van der Waals surface area contributed by atoms with Crippen molar-refractivity contribution in [3.05, 3.63) is 70.2 Å². The van der Waals surface area contributed by atoms with E-state index in [1.807, 2.05) is 18.2 Å². The number of benzene rings is 1. The lowest BCUT2D eigenvalue weighted by atomic mass is 9.96. The van der Waals surface area contributed by atoms with Crippen LogP contribution in [0.5, 0.6) is 0 Å². The number of rotatable bonds is 4. The molecule has 0 saturated heterocycles. The number of hydrogen-bond acceptors (Lipinski definition) is 5. The summed E-state index contributed by atoms with van der Waals surface area (Å²) in [7, 11) is 2.13. The van der Waals surface area contributed by atoms with Crippen molar-refractivity contribution >= 4 is 23.1 Å². The molecule has 1 aromatic carbocycles. The van der Waals surface area contributed by atoms with Crippen LogP contribution in [-0.4, -0.2) is 23.5 Å². The number of nitrogens with zero attached hydrogens (tertiary/aromatic N) is 3. The van der Waals surface area contributed by atoms with Crippen molar-refractivity contribution in [2.24, 2.45) is 0 Å². The zero-order valence-corrected chi connectivity index (χ0v) is 16.2. The number of thiophene rings is 1. The van der Waals surface area contributed by atoms with E-state index in [1.165, 1.54) is 11.1 Å². The highest BCUT2D eigenvalue weighted by atomic mass is 32.2. The summed E-state index contributed by atoms with van der Waals surface area (Å²) < 4.78 is 0. The molecule has 0 aliphatic carbocycles. The van der Waals surface area contributed by atoms with Gasteiger partial charge >= 0.3 is 0 Å². The van der Waals surface area contributed by atoms with Gasteiger partial charge in [0.05, 0.1) is 5.56 Å². The van der Waals surface area contributed by atoms with Gasteiger partial charge in [0.2, 0.25) is 0 Å². The quantitative estimate of drug-likeness (QED) is 0.602. The molecule has 1 aliphatic heterocycles. The van der Waals surface area contributed by atoms with Gasteiger partial charge in [0, 0.05) is 41.4 Å². The average molecular weight is 378 g/mol. The highest BCUT2D eigenvalue weighted by Crippen LogP contribution is 2.39. The Morgan fingerprint density at radius 3 is 2.81 bits per heavy atom. The molecule has 5 heteroatoms. The number of fused-ring (bicyclic) bond motifs is 1. The summed E-state index contributed by atoms with van der Waals surface area (Å²) in [6.07, 6.45) is 0.939. The molecule has 1 aliphatic rings. The molecular formula is C21H19N3S2. The van der Waals surface area contributed by atoms with Crippen LogP contribution in [0.4, 0.5) is 0 Å². The molecule has 3 aromatic rings. The Morgan fingerprint density at radius 2 is 2.08 bits per heavy atom. The van der Waals surface area contributed by atoms with E-state index in [2.05, 4.69) is 47.7 Å². The smallest absolute Gasteiger partial charge is 0.115 e. The Kier molecular flexibility index (Phi) is 5.07. The maximum atomic E-state index is 9.95. The molecule has 0 bridgehead atoms. The first-order valence-electron chi connectivity index (χ1n) is 8.61. The first kappa shape index (κ1) is 17.3. The number of hydrogen-bond donors (Lipinski definition) is 0. The summed E-state index contributed by atoms with van der Waals surface area (Å²) in [6, 6.07) is 17.0. The van der Waals surface area contributed by atoms with E-state index in [0.717, 1.165) is 52.0 Å². The van der Waals surface area contributed by atoms with E-state index in [0.29, 0.717) is 0 Å². The van der Waals surface area contributed by atoms with Gasteiger partial charge in [0.25, 0.3) is 0 Å². The minimum atomic E-state index is 0.724. The predicted molar refractivity (Wildman–Crippen MR) is 108 cm³/mol. The third-order valence-electron chi connectivity index (χ3n) is 4.61. The van der Waals surface area contributed by atoms with E-state index < -0.39 is 0 Å². The molecule has 3 heterocycles. The normalized spacial score (nSPS) is 14.0. The minimum absolute atomic E-state index is 0.724. The second kappa shape index (κ2) is 7.63. The fourth-order valence-electron chi connectivity index (χ4n) is 3.30. The maximum Gasteiger partial charge on any atom is 0.115 e. The van der Waals surface area contributed by atoms with Crippen molar-refractivity contribution in [3.8, 4) is 16.5 Å². The molecule has 130 valence electrons. The van der Waals surface area contributed by atoms with Crippen LogP contribution in [0.25, 0.3) is 10.4 Å². The van der Waals surface area contributed by atoms with E-state index >= 15 is 0 Å². The van der Waals surface area contributed by atoms with Gasteiger partial charge in [-0.1, -0.05) is 36.4 Å². The Balaban J connectivity index is 1.80. The minimum Gasteiger partial charge on any atom is -0.302 e. The Morgan fingerprint density at radius 1 is 1.23 bits per heavy atom. The number of likely N-dealkylation sites (N-methyl/N-ethyl adjacent to an activating group) is 1. The Hall–Kier alpha value is -2.13. The molecule has 0 N–H and O–H groups in total. The second-order valence-electron chi connectivity index (χ2n) is 6.44. The standard InChI is InChI=1S/C21H19N3S2/c1-24-10-9-18-17(13-24)20(19-8-5-11-25-19)16(12-22)21(23-18)26-14-15-6-3-2-4-7-15/h2-8,11H,9-10,13-14H2,1H3.